The van der Waals surface area contributed by atoms with E-state index in [0.717, 1.165) is 30.5 Å². The van der Waals surface area contributed by atoms with Crippen LogP contribution in [0.15, 0.2) is 49.6 Å². The van der Waals surface area contributed by atoms with Gasteiger partial charge in [0.1, 0.15) is 0 Å². The van der Waals surface area contributed by atoms with E-state index >= 15 is 0 Å². The quantitative estimate of drug-likeness (QED) is 0.706. The van der Waals surface area contributed by atoms with Crippen molar-refractivity contribution in [3.05, 3.63) is 60.7 Å². The molecule has 17 heavy (non-hydrogen) atoms. The molecule has 1 aromatic rings. The molecule has 0 saturated heterocycles. The van der Waals surface area contributed by atoms with E-state index in [1.807, 2.05) is 41.3 Å². The first-order chi connectivity index (χ1) is 8.29. The van der Waals surface area contributed by atoms with Gasteiger partial charge in [0.15, 0.2) is 0 Å². The Kier molecular flexibility index (Phi) is 3.43. The summed E-state index contributed by atoms with van der Waals surface area (Å²) in [5.74, 6) is 0.134. The minimum absolute atomic E-state index is 0.134. The molecule has 1 atom stereocenters. The van der Waals surface area contributed by atoms with Crippen molar-refractivity contribution in [2.45, 2.75) is 18.9 Å². The summed E-state index contributed by atoms with van der Waals surface area (Å²) in [5.41, 5.74) is 1.96. The third kappa shape index (κ3) is 2.03. The second-order valence-electron chi connectivity index (χ2n) is 4.20. The van der Waals surface area contributed by atoms with Gasteiger partial charge in [-0.05, 0) is 24.5 Å². The lowest BCUT2D eigenvalue weighted by molar-refractivity contribution is 0.0730. The Morgan fingerprint density at radius 3 is 2.71 bits per heavy atom. The summed E-state index contributed by atoms with van der Waals surface area (Å²) in [7, 11) is 0. The van der Waals surface area contributed by atoms with Crippen LogP contribution in [0.4, 0.5) is 0 Å². The summed E-state index contributed by atoms with van der Waals surface area (Å²) in [6.07, 6.45) is 5.36. The van der Waals surface area contributed by atoms with Gasteiger partial charge in [0.25, 0.3) is 5.91 Å². The lowest BCUT2D eigenvalue weighted by atomic mass is 10.0. The van der Waals surface area contributed by atoms with Gasteiger partial charge in [0.05, 0.1) is 6.04 Å². The molecular weight excluding hydrogens is 210 g/mol. The molecule has 2 nitrogen and oxygen atoms in total. The fourth-order valence-corrected chi connectivity index (χ4v) is 2.35. The van der Waals surface area contributed by atoms with Crippen molar-refractivity contribution in [3.63, 3.8) is 0 Å². The number of benzene rings is 1. The molecule has 88 valence electrons. The number of carbonyl (C=O) groups is 1. The van der Waals surface area contributed by atoms with E-state index in [2.05, 4.69) is 13.2 Å². The maximum atomic E-state index is 12.2. The van der Waals surface area contributed by atoms with Crippen molar-refractivity contribution in [1.29, 1.82) is 0 Å². The van der Waals surface area contributed by atoms with Crippen molar-refractivity contribution in [3.8, 4) is 0 Å². The van der Waals surface area contributed by atoms with E-state index in [0.29, 0.717) is 0 Å². The van der Waals surface area contributed by atoms with Crippen molar-refractivity contribution in [2.24, 2.45) is 0 Å². The van der Waals surface area contributed by atoms with Gasteiger partial charge < -0.3 is 4.90 Å². The molecule has 1 amide bonds. The zero-order valence-corrected chi connectivity index (χ0v) is 9.93. The van der Waals surface area contributed by atoms with Crippen molar-refractivity contribution in [2.75, 3.05) is 6.54 Å². The number of hydrogen-bond acceptors (Lipinski definition) is 1. The number of nitrogens with zero attached hydrogens (tertiary/aromatic N) is 1. The molecule has 0 spiro atoms. The van der Waals surface area contributed by atoms with Crippen LogP contribution in [-0.2, 0) is 0 Å². The normalized spacial score (nSPS) is 18.0. The van der Waals surface area contributed by atoms with Crippen LogP contribution >= 0.6 is 0 Å². The van der Waals surface area contributed by atoms with Crippen LogP contribution in [0.2, 0.25) is 0 Å². The lowest BCUT2D eigenvalue weighted by Crippen LogP contribution is -2.28. The Hall–Kier alpha value is -1.83. The van der Waals surface area contributed by atoms with Gasteiger partial charge in [-0.2, -0.15) is 0 Å². The Bertz CT molecular complexity index is 450. The van der Waals surface area contributed by atoms with Crippen LogP contribution in [0.25, 0.3) is 0 Å². The fraction of sp³-hybridized carbons (Fsp3) is 0.267. The first-order valence-electron chi connectivity index (χ1n) is 5.91. The van der Waals surface area contributed by atoms with E-state index in [1.165, 1.54) is 0 Å². The number of fused-ring (bicyclic) bond motifs is 1. The number of hydrogen-bond donors (Lipinski definition) is 0. The topological polar surface area (TPSA) is 20.3 Å². The summed E-state index contributed by atoms with van der Waals surface area (Å²) in [4.78, 5) is 14.2. The Morgan fingerprint density at radius 1 is 1.24 bits per heavy atom. The van der Waals surface area contributed by atoms with E-state index < -0.39 is 0 Å². The standard InChI is InChI=1S/C15H17NO/c1-3-5-11-16-14(8-4-2)12-9-6-7-10-13(12)15(16)17/h3-4,6-7,9-10,14H,1-2,5,8,11H2. The van der Waals surface area contributed by atoms with Crippen LogP contribution in [0, 0.1) is 0 Å². The molecule has 1 heterocycles. The maximum absolute atomic E-state index is 12.2. The van der Waals surface area contributed by atoms with Crippen LogP contribution in [-0.4, -0.2) is 17.4 Å². The predicted molar refractivity (Wildman–Crippen MR) is 69.8 cm³/mol. The summed E-state index contributed by atoms with van der Waals surface area (Å²) < 4.78 is 0. The molecule has 0 saturated carbocycles. The third-order valence-corrected chi connectivity index (χ3v) is 3.15. The smallest absolute Gasteiger partial charge is 0.254 e. The lowest BCUT2D eigenvalue weighted by Gasteiger charge is -2.23. The minimum Gasteiger partial charge on any atom is -0.331 e. The van der Waals surface area contributed by atoms with Gasteiger partial charge >= 0.3 is 0 Å². The average Bonchev–Trinajstić information content (AvgIpc) is 2.62. The van der Waals surface area contributed by atoms with Crippen LogP contribution in [0.5, 0.6) is 0 Å². The van der Waals surface area contributed by atoms with Gasteiger partial charge in [0.2, 0.25) is 0 Å². The molecule has 0 aromatic heterocycles. The van der Waals surface area contributed by atoms with Crippen molar-refractivity contribution >= 4 is 5.91 Å². The van der Waals surface area contributed by atoms with Crippen LogP contribution in [0.1, 0.15) is 34.8 Å². The molecule has 1 unspecified atom stereocenters. The van der Waals surface area contributed by atoms with Gasteiger partial charge in [-0.15, -0.1) is 13.2 Å². The number of amides is 1. The molecule has 0 bridgehead atoms. The molecule has 1 aliphatic rings. The van der Waals surface area contributed by atoms with Crippen molar-refractivity contribution in [1.82, 2.24) is 4.90 Å². The first kappa shape index (κ1) is 11.6. The highest BCUT2D eigenvalue weighted by Gasteiger charge is 2.34. The highest BCUT2D eigenvalue weighted by atomic mass is 16.2. The third-order valence-electron chi connectivity index (χ3n) is 3.15. The van der Waals surface area contributed by atoms with Crippen LogP contribution in [0.3, 0.4) is 0 Å². The highest BCUT2D eigenvalue weighted by molar-refractivity contribution is 5.99. The monoisotopic (exact) mass is 227 g/mol. The Morgan fingerprint density at radius 2 is 2.00 bits per heavy atom. The van der Waals surface area contributed by atoms with Gasteiger partial charge in [0, 0.05) is 12.1 Å². The largest absolute Gasteiger partial charge is 0.331 e. The molecule has 1 aromatic carbocycles. The molecule has 0 fully saturated rings. The average molecular weight is 227 g/mol. The zero-order valence-electron chi connectivity index (χ0n) is 9.93. The minimum atomic E-state index is 0.134. The first-order valence-corrected chi connectivity index (χ1v) is 5.91. The molecule has 0 radical (unpaired) electrons. The van der Waals surface area contributed by atoms with Gasteiger partial charge in [-0.3, -0.25) is 4.79 Å². The number of rotatable bonds is 5. The maximum Gasteiger partial charge on any atom is 0.254 e. The van der Waals surface area contributed by atoms with Crippen LogP contribution < -0.4 is 0 Å². The summed E-state index contributed by atoms with van der Waals surface area (Å²) in [6.45, 7) is 8.22. The predicted octanol–water partition coefficient (Wildman–Crippen LogP) is 3.34. The molecule has 0 aliphatic carbocycles. The summed E-state index contributed by atoms with van der Waals surface area (Å²) >= 11 is 0. The molecule has 0 N–H and O–H groups in total. The fourth-order valence-electron chi connectivity index (χ4n) is 2.35. The second-order valence-corrected chi connectivity index (χ2v) is 4.20. The SMILES string of the molecule is C=CCCN1C(=O)c2ccccc2C1CC=C. The summed E-state index contributed by atoms with van der Waals surface area (Å²) in [6, 6.07) is 7.99. The highest BCUT2D eigenvalue weighted by Crippen LogP contribution is 2.35. The van der Waals surface area contributed by atoms with Crippen molar-refractivity contribution < 1.29 is 4.79 Å². The summed E-state index contributed by atoms with van der Waals surface area (Å²) in [5, 5.41) is 0. The van der Waals surface area contributed by atoms with Gasteiger partial charge in [-0.1, -0.05) is 30.4 Å². The Balaban J connectivity index is 2.32. The zero-order chi connectivity index (χ0) is 12.3. The van der Waals surface area contributed by atoms with E-state index in [-0.39, 0.29) is 11.9 Å². The van der Waals surface area contributed by atoms with E-state index in [4.69, 9.17) is 0 Å². The molecule has 2 heteroatoms. The molecule has 2 rings (SSSR count). The molecular formula is C15H17NO. The van der Waals surface area contributed by atoms with E-state index in [1.54, 1.807) is 0 Å². The molecule has 1 aliphatic heterocycles. The number of carbonyl (C=O) groups excluding carboxylic acids is 1. The van der Waals surface area contributed by atoms with Gasteiger partial charge in [-0.25, -0.2) is 0 Å². The van der Waals surface area contributed by atoms with E-state index in [9.17, 15) is 4.79 Å². The second kappa shape index (κ2) is 5.00. The Labute approximate surface area is 102 Å².